The van der Waals surface area contributed by atoms with Gasteiger partial charge < -0.3 is 20.5 Å². The fraction of sp³-hybridized carbons (Fsp3) is 0.400. The van der Waals surface area contributed by atoms with Gasteiger partial charge in [-0.25, -0.2) is 9.59 Å². The van der Waals surface area contributed by atoms with Gasteiger partial charge in [-0.05, 0) is 35.6 Å². The van der Waals surface area contributed by atoms with E-state index in [-0.39, 0.29) is 18.9 Å². The molecule has 2 atom stereocenters. The standard InChI is InChI=1S/C25H30N2O5/c1-3-4-13-22(24(29)30)27-23(28)14-16(2)26-25(31)32-15-21-19-11-7-5-9-17(19)18-10-6-8-12-20(18)21/h5-12,16,21-22H,3-4,13-15H2,1-2H3,(H,26,31)(H,27,28)(H,29,30)/t16-,22-/m0/s1. The average molecular weight is 439 g/mol. The number of fused-ring (bicyclic) bond motifs is 3. The molecule has 0 saturated carbocycles. The smallest absolute Gasteiger partial charge is 0.407 e. The van der Waals surface area contributed by atoms with Gasteiger partial charge in [0, 0.05) is 18.4 Å². The third kappa shape index (κ3) is 5.66. The van der Waals surface area contributed by atoms with Crippen molar-refractivity contribution in [3.05, 3.63) is 59.7 Å². The fourth-order valence-electron chi connectivity index (χ4n) is 4.09. The molecule has 0 radical (unpaired) electrons. The van der Waals surface area contributed by atoms with Gasteiger partial charge in [-0.1, -0.05) is 68.3 Å². The van der Waals surface area contributed by atoms with Crippen molar-refractivity contribution in [3.63, 3.8) is 0 Å². The molecule has 0 heterocycles. The summed E-state index contributed by atoms with van der Waals surface area (Å²) in [5.74, 6) is -1.51. The molecule has 170 valence electrons. The monoisotopic (exact) mass is 438 g/mol. The molecule has 0 aromatic heterocycles. The second-order valence-electron chi connectivity index (χ2n) is 8.18. The van der Waals surface area contributed by atoms with E-state index in [0.717, 1.165) is 28.7 Å². The second kappa shape index (κ2) is 10.8. The van der Waals surface area contributed by atoms with Crippen LogP contribution in [0, 0.1) is 0 Å². The minimum atomic E-state index is -1.05. The largest absolute Gasteiger partial charge is 0.480 e. The summed E-state index contributed by atoms with van der Waals surface area (Å²) >= 11 is 0. The van der Waals surface area contributed by atoms with Gasteiger partial charge in [0.25, 0.3) is 0 Å². The van der Waals surface area contributed by atoms with E-state index in [1.165, 1.54) is 0 Å². The number of ether oxygens (including phenoxy) is 1. The maximum Gasteiger partial charge on any atom is 0.407 e. The predicted octanol–water partition coefficient (Wildman–Crippen LogP) is 4.06. The van der Waals surface area contributed by atoms with E-state index >= 15 is 0 Å². The number of benzene rings is 2. The summed E-state index contributed by atoms with van der Waals surface area (Å²) in [5, 5.41) is 14.4. The first-order valence-electron chi connectivity index (χ1n) is 11.0. The van der Waals surface area contributed by atoms with Crippen LogP contribution in [0.5, 0.6) is 0 Å². The van der Waals surface area contributed by atoms with Gasteiger partial charge >= 0.3 is 12.1 Å². The molecule has 1 aliphatic rings. The van der Waals surface area contributed by atoms with Crippen molar-refractivity contribution in [2.24, 2.45) is 0 Å². The molecule has 2 amide bonds. The molecule has 0 saturated heterocycles. The van der Waals surface area contributed by atoms with Crippen LogP contribution in [0.25, 0.3) is 11.1 Å². The van der Waals surface area contributed by atoms with E-state index in [4.69, 9.17) is 4.74 Å². The average Bonchev–Trinajstić information content (AvgIpc) is 3.08. The van der Waals surface area contributed by atoms with Crippen LogP contribution in [0.15, 0.2) is 48.5 Å². The lowest BCUT2D eigenvalue weighted by atomic mass is 9.98. The Morgan fingerprint density at radius 2 is 1.59 bits per heavy atom. The van der Waals surface area contributed by atoms with Gasteiger partial charge in [-0.15, -0.1) is 0 Å². The number of unbranched alkanes of at least 4 members (excludes halogenated alkanes) is 1. The SMILES string of the molecule is CCCC[C@H](NC(=O)C[C@H](C)NC(=O)OCC1c2ccccc2-c2ccccc21)C(=O)O. The summed E-state index contributed by atoms with van der Waals surface area (Å²) < 4.78 is 5.49. The molecule has 0 bridgehead atoms. The Hall–Kier alpha value is -3.35. The van der Waals surface area contributed by atoms with Crippen LogP contribution in [-0.2, 0) is 14.3 Å². The van der Waals surface area contributed by atoms with Crippen LogP contribution in [0.1, 0.15) is 56.6 Å². The number of hydrogen-bond donors (Lipinski definition) is 3. The molecule has 1 aliphatic carbocycles. The minimum absolute atomic E-state index is 0.0277. The molecule has 2 aromatic carbocycles. The van der Waals surface area contributed by atoms with Crippen molar-refractivity contribution >= 4 is 18.0 Å². The topological polar surface area (TPSA) is 105 Å². The molecule has 7 heteroatoms. The van der Waals surface area contributed by atoms with Gasteiger partial charge in [0.1, 0.15) is 12.6 Å². The number of alkyl carbamates (subject to hydrolysis) is 1. The summed E-state index contributed by atoms with van der Waals surface area (Å²) in [6.07, 6.45) is 1.31. The van der Waals surface area contributed by atoms with Crippen LogP contribution in [0.2, 0.25) is 0 Å². The van der Waals surface area contributed by atoms with Gasteiger partial charge in [0.05, 0.1) is 0 Å². The molecule has 0 aliphatic heterocycles. The van der Waals surface area contributed by atoms with Crippen LogP contribution in [0.4, 0.5) is 4.79 Å². The third-order valence-electron chi connectivity index (χ3n) is 5.68. The Balaban J connectivity index is 1.51. The summed E-state index contributed by atoms with van der Waals surface area (Å²) in [5.41, 5.74) is 4.55. The lowest BCUT2D eigenvalue weighted by Crippen LogP contribution is -2.44. The number of carboxylic acids is 1. The van der Waals surface area contributed by atoms with E-state index in [1.807, 2.05) is 43.3 Å². The highest BCUT2D eigenvalue weighted by atomic mass is 16.5. The van der Waals surface area contributed by atoms with E-state index in [9.17, 15) is 19.5 Å². The Bertz CT molecular complexity index is 929. The van der Waals surface area contributed by atoms with Gasteiger partial charge in [0.15, 0.2) is 0 Å². The van der Waals surface area contributed by atoms with Crippen molar-refractivity contribution in [1.29, 1.82) is 0 Å². The zero-order valence-electron chi connectivity index (χ0n) is 18.5. The van der Waals surface area contributed by atoms with Crippen LogP contribution >= 0.6 is 0 Å². The van der Waals surface area contributed by atoms with Gasteiger partial charge in [0.2, 0.25) is 5.91 Å². The summed E-state index contributed by atoms with van der Waals surface area (Å²) in [4.78, 5) is 35.8. The predicted molar refractivity (Wildman–Crippen MR) is 121 cm³/mol. The van der Waals surface area contributed by atoms with Crippen LogP contribution < -0.4 is 10.6 Å². The lowest BCUT2D eigenvalue weighted by molar-refractivity contribution is -0.142. The maximum absolute atomic E-state index is 12.3. The van der Waals surface area contributed by atoms with Crippen LogP contribution in [-0.4, -0.2) is 41.8 Å². The molecule has 3 N–H and O–H groups in total. The molecule has 3 rings (SSSR count). The molecule has 2 aromatic rings. The van der Waals surface area contributed by atoms with E-state index in [0.29, 0.717) is 12.8 Å². The number of rotatable bonds is 10. The Labute approximate surface area is 188 Å². The molecule has 0 fully saturated rings. The molecule has 0 unspecified atom stereocenters. The number of hydrogen-bond acceptors (Lipinski definition) is 4. The number of carbonyl (C=O) groups excluding carboxylic acids is 2. The Morgan fingerprint density at radius 3 is 2.16 bits per heavy atom. The van der Waals surface area contributed by atoms with E-state index < -0.39 is 30.1 Å². The van der Waals surface area contributed by atoms with Gasteiger partial charge in [-0.2, -0.15) is 0 Å². The van der Waals surface area contributed by atoms with Crippen molar-refractivity contribution in [3.8, 4) is 11.1 Å². The summed E-state index contributed by atoms with van der Waals surface area (Å²) in [7, 11) is 0. The number of aliphatic carboxylic acids is 1. The number of carboxylic acid groups (broad SMARTS) is 1. The number of nitrogens with one attached hydrogen (secondary N) is 2. The van der Waals surface area contributed by atoms with Crippen LogP contribution in [0.3, 0.4) is 0 Å². The maximum atomic E-state index is 12.3. The fourth-order valence-corrected chi connectivity index (χ4v) is 4.09. The first-order chi connectivity index (χ1) is 15.4. The normalized spacial score (nSPS) is 14.1. The highest BCUT2D eigenvalue weighted by Crippen LogP contribution is 2.44. The summed E-state index contributed by atoms with van der Waals surface area (Å²) in [6, 6.07) is 14.8. The Morgan fingerprint density at radius 1 is 1.00 bits per heavy atom. The molecular weight excluding hydrogens is 408 g/mol. The number of amides is 2. The zero-order valence-corrected chi connectivity index (χ0v) is 18.5. The number of carbonyl (C=O) groups is 3. The minimum Gasteiger partial charge on any atom is -0.480 e. The highest BCUT2D eigenvalue weighted by molar-refractivity contribution is 5.84. The molecular formula is C25H30N2O5. The molecule has 7 nitrogen and oxygen atoms in total. The molecule has 32 heavy (non-hydrogen) atoms. The third-order valence-corrected chi connectivity index (χ3v) is 5.68. The zero-order chi connectivity index (χ0) is 23.1. The van der Waals surface area contributed by atoms with Crippen molar-refractivity contribution in [2.75, 3.05) is 6.61 Å². The van der Waals surface area contributed by atoms with Crippen molar-refractivity contribution in [2.45, 2.75) is 57.5 Å². The van der Waals surface area contributed by atoms with Gasteiger partial charge in [-0.3, -0.25) is 4.79 Å². The highest BCUT2D eigenvalue weighted by Gasteiger charge is 2.29. The second-order valence-corrected chi connectivity index (χ2v) is 8.18. The van der Waals surface area contributed by atoms with Crippen molar-refractivity contribution in [1.82, 2.24) is 10.6 Å². The molecule has 0 spiro atoms. The quantitative estimate of drug-likeness (QED) is 0.519. The first-order valence-corrected chi connectivity index (χ1v) is 11.0. The Kier molecular flexibility index (Phi) is 7.87. The first kappa shape index (κ1) is 23.3. The lowest BCUT2D eigenvalue weighted by Gasteiger charge is -2.18. The van der Waals surface area contributed by atoms with E-state index in [2.05, 4.69) is 22.8 Å². The summed E-state index contributed by atoms with van der Waals surface area (Å²) in [6.45, 7) is 3.83. The van der Waals surface area contributed by atoms with E-state index in [1.54, 1.807) is 6.92 Å². The van der Waals surface area contributed by atoms with Crippen molar-refractivity contribution < 1.29 is 24.2 Å².